The van der Waals surface area contributed by atoms with Gasteiger partial charge in [-0.15, -0.1) is 0 Å². The van der Waals surface area contributed by atoms with Crippen LogP contribution in [0, 0.1) is 0 Å². The number of nitrogens with zero attached hydrogens (tertiary/aromatic N) is 1. The molecule has 0 aromatic heterocycles. The Kier molecular flexibility index (Phi) is 7.24. The Bertz CT molecular complexity index is 1030. The quantitative estimate of drug-likeness (QED) is 0.514. The van der Waals surface area contributed by atoms with Crippen LogP contribution in [0.1, 0.15) is 53.7 Å². The van der Waals surface area contributed by atoms with Gasteiger partial charge in [0, 0.05) is 23.7 Å². The van der Waals surface area contributed by atoms with E-state index in [0.717, 1.165) is 11.1 Å². The van der Waals surface area contributed by atoms with Gasteiger partial charge in [-0.25, -0.2) is 0 Å². The highest BCUT2D eigenvalue weighted by atomic mass is 16.3. The van der Waals surface area contributed by atoms with E-state index < -0.39 is 0 Å². The highest BCUT2D eigenvalue weighted by Gasteiger charge is 2.24. The standard InChI is InChI=1S/C27H29NO3/c1-19(2)28(17-16-21-12-14-25(29)15-13-21)27(31)20(3)23-10-7-11-24(18-23)26(30)22-8-5-4-6-9-22/h4-15,18-20,29H,16-17H2,1-3H3. The highest BCUT2D eigenvalue weighted by molar-refractivity contribution is 6.09. The number of benzene rings is 3. The van der Waals surface area contributed by atoms with Crippen molar-refractivity contribution in [2.24, 2.45) is 0 Å². The molecule has 1 amide bonds. The summed E-state index contributed by atoms with van der Waals surface area (Å²) in [6.07, 6.45) is 0.712. The Morgan fingerprint density at radius 1 is 0.839 bits per heavy atom. The number of phenols is 1. The molecule has 0 fully saturated rings. The maximum Gasteiger partial charge on any atom is 0.230 e. The molecule has 160 valence electrons. The van der Waals surface area contributed by atoms with E-state index in [2.05, 4.69) is 0 Å². The van der Waals surface area contributed by atoms with Gasteiger partial charge in [-0.2, -0.15) is 0 Å². The van der Waals surface area contributed by atoms with Gasteiger partial charge in [0.1, 0.15) is 5.75 Å². The largest absolute Gasteiger partial charge is 0.508 e. The van der Waals surface area contributed by atoms with Crippen LogP contribution in [-0.2, 0) is 11.2 Å². The van der Waals surface area contributed by atoms with Crippen molar-refractivity contribution in [2.45, 2.75) is 39.2 Å². The van der Waals surface area contributed by atoms with Crippen LogP contribution in [0.2, 0.25) is 0 Å². The molecule has 0 radical (unpaired) electrons. The van der Waals surface area contributed by atoms with Gasteiger partial charge in [-0.1, -0.05) is 60.7 Å². The van der Waals surface area contributed by atoms with E-state index in [1.165, 1.54) is 0 Å². The molecule has 0 heterocycles. The minimum atomic E-state index is -0.356. The second-order valence-electron chi connectivity index (χ2n) is 8.08. The van der Waals surface area contributed by atoms with E-state index in [9.17, 15) is 14.7 Å². The predicted molar refractivity (Wildman–Crippen MR) is 123 cm³/mol. The zero-order chi connectivity index (χ0) is 22.4. The number of hydrogen-bond acceptors (Lipinski definition) is 3. The van der Waals surface area contributed by atoms with Crippen molar-refractivity contribution in [3.05, 3.63) is 101 Å². The number of amides is 1. The molecule has 1 unspecified atom stereocenters. The summed E-state index contributed by atoms with van der Waals surface area (Å²) in [6.45, 7) is 6.51. The van der Waals surface area contributed by atoms with Crippen molar-refractivity contribution in [3.8, 4) is 5.75 Å². The second-order valence-corrected chi connectivity index (χ2v) is 8.08. The zero-order valence-corrected chi connectivity index (χ0v) is 18.3. The fraction of sp³-hybridized carbons (Fsp3) is 0.259. The maximum absolute atomic E-state index is 13.3. The summed E-state index contributed by atoms with van der Waals surface area (Å²) in [6, 6.07) is 23.7. The maximum atomic E-state index is 13.3. The summed E-state index contributed by atoms with van der Waals surface area (Å²) in [7, 11) is 0. The van der Waals surface area contributed by atoms with Crippen LogP contribution >= 0.6 is 0 Å². The number of phenolic OH excluding ortho intramolecular Hbond substituents is 1. The van der Waals surface area contributed by atoms with Crippen LogP contribution < -0.4 is 0 Å². The lowest BCUT2D eigenvalue weighted by atomic mass is 9.94. The lowest BCUT2D eigenvalue weighted by Gasteiger charge is -2.30. The molecule has 3 aromatic carbocycles. The first-order chi connectivity index (χ1) is 14.9. The van der Waals surface area contributed by atoms with E-state index in [0.29, 0.717) is 24.1 Å². The van der Waals surface area contributed by atoms with Gasteiger partial charge in [0.25, 0.3) is 0 Å². The minimum Gasteiger partial charge on any atom is -0.508 e. The summed E-state index contributed by atoms with van der Waals surface area (Å²) < 4.78 is 0. The van der Waals surface area contributed by atoms with Gasteiger partial charge in [-0.05, 0) is 56.5 Å². The molecule has 4 nitrogen and oxygen atoms in total. The second kappa shape index (κ2) is 10.1. The van der Waals surface area contributed by atoms with Crippen molar-refractivity contribution in [3.63, 3.8) is 0 Å². The van der Waals surface area contributed by atoms with E-state index >= 15 is 0 Å². The van der Waals surface area contributed by atoms with E-state index in [-0.39, 0.29) is 29.4 Å². The van der Waals surface area contributed by atoms with Gasteiger partial charge in [0.2, 0.25) is 5.91 Å². The first-order valence-corrected chi connectivity index (χ1v) is 10.6. The predicted octanol–water partition coefficient (Wildman–Crippen LogP) is 5.21. The highest BCUT2D eigenvalue weighted by Crippen LogP contribution is 2.22. The third-order valence-corrected chi connectivity index (χ3v) is 5.54. The molecule has 0 aliphatic carbocycles. The molecule has 0 aliphatic rings. The molecule has 0 aliphatic heterocycles. The molecule has 1 N–H and O–H groups in total. The molecule has 0 spiro atoms. The Labute approximate surface area is 184 Å². The third-order valence-electron chi connectivity index (χ3n) is 5.54. The smallest absolute Gasteiger partial charge is 0.230 e. The average molecular weight is 416 g/mol. The Morgan fingerprint density at radius 2 is 1.48 bits per heavy atom. The minimum absolute atomic E-state index is 0.0399. The molecule has 0 saturated heterocycles. The topological polar surface area (TPSA) is 57.6 Å². The van der Waals surface area contributed by atoms with E-state index in [4.69, 9.17) is 0 Å². The molecule has 3 aromatic rings. The monoisotopic (exact) mass is 415 g/mol. The normalized spacial score (nSPS) is 11.9. The van der Waals surface area contributed by atoms with Gasteiger partial charge in [0.05, 0.1) is 5.92 Å². The SMILES string of the molecule is CC(C(=O)N(CCc1ccc(O)cc1)C(C)C)c1cccc(C(=O)c2ccccc2)c1. The number of carbonyl (C=O) groups is 2. The first-order valence-electron chi connectivity index (χ1n) is 10.6. The molecule has 3 rings (SSSR count). The number of ketones is 1. The van der Waals surface area contributed by atoms with E-state index in [1.807, 2.05) is 74.2 Å². The van der Waals surface area contributed by atoms with Crippen LogP contribution in [-0.4, -0.2) is 34.3 Å². The fourth-order valence-electron chi connectivity index (χ4n) is 3.63. The Hall–Kier alpha value is -3.40. The number of carbonyl (C=O) groups excluding carboxylic acids is 2. The molecule has 0 bridgehead atoms. The van der Waals surface area contributed by atoms with Crippen molar-refractivity contribution < 1.29 is 14.7 Å². The van der Waals surface area contributed by atoms with Crippen LogP contribution in [0.3, 0.4) is 0 Å². The van der Waals surface area contributed by atoms with Crippen molar-refractivity contribution in [2.75, 3.05) is 6.54 Å². The van der Waals surface area contributed by atoms with Gasteiger partial charge in [0.15, 0.2) is 5.78 Å². The van der Waals surface area contributed by atoms with E-state index in [1.54, 1.807) is 30.3 Å². The third kappa shape index (κ3) is 5.60. The molecular weight excluding hydrogens is 386 g/mol. The molecule has 1 atom stereocenters. The zero-order valence-electron chi connectivity index (χ0n) is 18.3. The summed E-state index contributed by atoms with van der Waals surface area (Å²) >= 11 is 0. The molecular formula is C27H29NO3. The Morgan fingerprint density at radius 3 is 2.13 bits per heavy atom. The lowest BCUT2D eigenvalue weighted by Crippen LogP contribution is -2.40. The fourth-order valence-corrected chi connectivity index (χ4v) is 3.63. The summed E-state index contributed by atoms with van der Waals surface area (Å²) in [5.74, 6) is -0.127. The van der Waals surface area contributed by atoms with Crippen molar-refractivity contribution in [1.82, 2.24) is 4.90 Å². The van der Waals surface area contributed by atoms with Crippen molar-refractivity contribution in [1.29, 1.82) is 0 Å². The molecule has 4 heteroatoms. The number of rotatable bonds is 8. The van der Waals surface area contributed by atoms with Crippen LogP contribution in [0.5, 0.6) is 5.75 Å². The average Bonchev–Trinajstić information content (AvgIpc) is 2.79. The van der Waals surface area contributed by atoms with Gasteiger partial charge >= 0.3 is 0 Å². The molecule has 0 saturated carbocycles. The first kappa shape index (κ1) is 22.3. The summed E-state index contributed by atoms with van der Waals surface area (Å²) in [4.78, 5) is 28.0. The van der Waals surface area contributed by atoms with Crippen LogP contribution in [0.4, 0.5) is 0 Å². The van der Waals surface area contributed by atoms with Gasteiger partial charge in [-0.3, -0.25) is 9.59 Å². The number of hydrogen-bond donors (Lipinski definition) is 1. The Balaban J connectivity index is 1.75. The number of aromatic hydroxyl groups is 1. The summed E-state index contributed by atoms with van der Waals surface area (Å²) in [5, 5.41) is 9.46. The lowest BCUT2D eigenvalue weighted by molar-refractivity contribution is -0.134. The van der Waals surface area contributed by atoms with Gasteiger partial charge < -0.3 is 10.0 Å². The summed E-state index contributed by atoms with van der Waals surface area (Å²) in [5.41, 5.74) is 3.13. The van der Waals surface area contributed by atoms with Crippen LogP contribution in [0.15, 0.2) is 78.9 Å². The molecule has 31 heavy (non-hydrogen) atoms. The van der Waals surface area contributed by atoms with Crippen molar-refractivity contribution >= 4 is 11.7 Å². The van der Waals surface area contributed by atoms with Crippen LogP contribution in [0.25, 0.3) is 0 Å².